The third kappa shape index (κ3) is 7.85. The molecule has 1 aromatic heterocycles. The number of hydrogen-bond acceptors (Lipinski definition) is 5. The number of aryl methyl sites for hydroxylation is 1. The quantitative estimate of drug-likeness (QED) is 0.327. The molecule has 0 amide bonds. The van der Waals surface area contributed by atoms with Gasteiger partial charge in [0.15, 0.2) is 5.96 Å². The van der Waals surface area contributed by atoms with E-state index in [2.05, 4.69) is 30.1 Å². The van der Waals surface area contributed by atoms with Crippen molar-refractivity contribution in [1.29, 1.82) is 0 Å². The zero-order valence-corrected chi connectivity index (χ0v) is 15.4. The van der Waals surface area contributed by atoms with Gasteiger partial charge >= 0.3 is 0 Å². The lowest BCUT2D eigenvalue weighted by molar-refractivity contribution is -0.0179. The Balaban J connectivity index is 1.74. The first kappa shape index (κ1) is 19.7. The van der Waals surface area contributed by atoms with E-state index in [4.69, 9.17) is 4.74 Å². The molecule has 0 aliphatic carbocycles. The molecule has 0 bridgehead atoms. The number of ether oxygens (including phenoxy) is 1. The monoisotopic (exact) mass is 352 g/mol. The van der Waals surface area contributed by atoms with Crippen LogP contribution in [0.3, 0.4) is 0 Å². The molecule has 1 atom stereocenters. The number of aliphatic imine (C=N–C) groups is 1. The van der Waals surface area contributed by atoms with Crippen molar-refractivity contribution in [2.24, 2.45) is 4.99 Å². The molecule has 2 rings (SSSR count). The molecule has 142 valence electrons. The second-order valence-electron chi connectivity index (χ2n) is 6.66. The number of rotatable bonds is 9. The van der Waals surface area contributed by atoms with Gasteiger partial charge in [-0.2, -0.15) is 0 Å². The van der Waals surface area contributed by atoms with Crippen LogP contribution in [0.15, 0.2) is 23.7 Å². The lowest BCUT2D eigenvalue weighted by Crippen LogP contribution is -2.48. The van der Waals surface area contributed by atoms with Crippen molar-refractivity contribution in [3.8, 4) is 0 Å². The topological polar surface area (TPSA) is 86.9 Å². The molecule has 0 spiro atoms. The van der Waals surface area contributed by atoms with Crippen LogP contribution < -0.4 is 10.6 Å². The Labute approximate surface area is 150 Å². The van der Waals surface area contributed by atoms with Crippen LogP contribution in [0.1, 0.15) is 20.3 Å². The smallest absolute Gasteiger partial charge is 0.191 e. The minimum atomic E-state index is -0.851. The molecule has 2 heterocycles. The molecule has 8 heteroatoms. The molecule has 0 aromatic carbocycles. The highest BCUT2D eigenvalue weighted by Crippen LogP contribution is 2.09. The number of aliphatic hydroxyl groups is 1. The van der Waals surface area contributed by atoms with E-state index < -0.39 is 5.60 Å². The minimum absolute atomic E-state index is 0.362. The van der Waals surface area contributed by atoms with Crippen molar-refractivity contribution in [2.45, 2.75) is 32.4 Å². The average Bonchev–Trinajstić information content (AvgIpc) is 3.10. The maximum Gasteiger partial charge on any atom is 0.191 e. The summed E-state index contributed by atoms with van der Waals surface area (Å²) < 4.78 is 7.40. The predicted molar refractivity (Wildman–Crippen MR) is 98.7 cm³/mol. The first-order chi connectivity index (χ1) is 12.1. The van der Waals surface area contributed by atoms with E-state index in [0.29, 0.717) is 13.1 Å². The standard InChI is InChI=1S/C17H32N6O2/c1-3-19-16(20-5-4-7-23-8-6-18-15-23)21-13-17(2,24)14-22-9-11-25-12-10-22/h6,8,15,24H,3-5,7,9-14H2,1-2H3,(H2,19,20,21). The van der Waals surface area contributed by atoms with Crippen LogP contribution >= 0.6 is 0 Å². The predicted octanol–water partition coefficient (Wildman–Crippen LogP) is -0.0885. The average molecular weight is 352 g/mol. The van der Waals surface area contributed by atoms with Gasteiger partial charge in [-0.05, 0) is 20.3 Å². The van der Waals surface area contributed by atoms with Crippen LogP contribution in [0.25, 0.3) is 0 Å². The van der Waals surface area contributed by atoms with Gasteiger partial charge in [-0.25, -0.2) is 4.98 Å². The fourth-order valence-electron chi connectivity index (χ4n) is 2.77. The molecular weight excluding hydrogens is 320 g/mol. The van der Waals surface area contributed by atoms with Crippen LogP contribution in [0.5, 0.6) is 0 Å². The second-order valence-corrected chi connectivity index (χ2v) is 6.66. The fraction of sp³-hybridized carbons (Fsp3) is 0.765. The number of guanidine groups is 1. The van der Waals surface area contributed by atoms with E-state index in [0.717, 1.165) is 58.3 Å². The normalized spacial score (nSPS) is 18.8. The SMILES string of the molecule is CCNC(=NCC(C)(O)CN1CCOCC1)NCCCn1ccnc1. The summed E-state index contributed by atoms with van der Waals surface area (Å²) >= 11 is 0. The summed E-state index contributed by atoms with van der Waals surface area (Å²) in [6.45, 7) is 10.6. The van der Waals surface area contributed by atoms with Gasteiger partial charge < -0.3 is 25.0 Å². The summed E-state index contributed by atoms with van der Waals surface area (Å²) in [6.07, 6.45) is 6.55. The van der Waals surface area contributed by atoms with Gasteiger partial charge in [-0.15, -0.1) is 0 Å². The van der Waals surface area contributed by atoms with Crippen LogP contribution in [-0.4, -0.2) is 83.6 Å². The van der Waals surface area contributed by atoms with Crippen LogP contribution in [-0.2, 0) is 11.3 Å². The number of β-amino-alcohol motifs (C(OH)–C–C–N with tert-alkyl or cyclic N) is 1. The maximum absolute atomic E-state index is 10.6. The lowest BCUT2D eigenvalue weighted by Gasteiger charge is -2.33. The summed E-state index contributed by atoms with van der Waals surface area (Å²) in [5, 5.41) is 17.2. The van der Waals surface area contributed by atoms with Gasteiger partial charge in [0.1, 0.15) is 0 Å². The van der Waals surface area contributed by atoms with Crippen molar-refractivity contribution in [3.63, 3.8) is 0 Å². The van der Waals surface area contributed by atoms with Crippen molar-refractivity contribution in [2.75, 3.05) is 52.5 Å². The minimum Gasteiger partial charge on any atom is -0.387 e. The Bertz CT molecular complexity index is 497. The molecule has 1 fully saturated rings. The van der Waals surface area contributed by atoms with Gasteiger partial charge in [-0.1, -0.05) is 0 Å². The second kappa shape index (κ2) is 10.4. The number of hydrogen-bond donors (Lipinski definition) is 3. The first-order valence-corrected chi connectivity index (χ1v) is 9.09. The Morgan fingerprint density at radius 2 is 2.16 bits per heavy atom. The first-order valence-electron chi connectivity index (χ1n) is 9.09. The van der Waals surface area contributed by atoms with E-state index in [1.807, 2.05) is 26.4 Å². The van der Waals surface area contributed by atoms with E-state index in [1.54, 1.807) is 6.20 Å². The zero-order chi connectivity index (χ0) is 18.0. The Morgan fingerprint density at radius 1 is 1.36 bits per heavy atom. The molecular formula is C17H32N6O2. The van der Waals surface area contributed by atoms with Gasteiger partial charge in [0.2, 0.25) is 0 Å². The van der Waals surface area contributed by atoms with Crippen molar-refractivity contribution in [1.82, 2.24) is 25.1 Å². The summed E-state index contributed by atoms with van der Waals surface area (Å²) in [7, 11) is 0. The van der Waals surface area contributed by atoms with Gasteiger partial charge in [-0.3, -0.25) is 9.89 Å². The fourth-order valence-corrected chi connectivity index (χ4v) is 2.77. The van der Waals surface area contributed by atoms with Crippen molar-refractivity contribution < 1.29 is 9.84 Å². The largest absolute Gasteiger partial charge is 0.387 e. The molecule has 1 aliphatic rings. The van der Waals surface area contributed by atoms with Crippen LogP contribution in [0.2, 0.25) is 0 Å². The summed E-state index contributed by atoms with van der Waals surface area (Å²) in [6, 6.07) is 0. The number of morpholine rings is 1. The Morgan fingerprint density at radius 3 is 2.84 bits per heavy atom. The number of imidazole rings is 1. The highest BCUT2D eigenvalue weighted by atomic mass is 16.5. The van der Waals surface area contributed by atoms with E-state index in [-0.39, 0.29) is 0 Å². The number of nitrogens with zero attached hydrogens (tertiary/aromatic N) is 4. The van der Waals surface area contributed by atoms with E-state index in [1.165, 1.54) is 0 Å². The Kier molecular flexibility index (Phi) is 8.17. The summed E-state index contributed by atoms with van der Waals surface area (Å²) in [4.78, 5) is 10.8. The Hall–Kier alpha value is -1.64. The summed E-state index contributed by atoms with van der Waals surface area (Å²) in [5.74, 6) is 0.746. The molecule has 1 aliphatic heterocycles. The lowest BCUT2D eigenvalue weighted by atomic mass is 10.1. The van der Waals surface area contributed by atoms with E-state index >= 15 is 0 Å². The highest BCUT2D eigenvalue weighted by molar-refractivity contribution is 5.79. The van der Waals surface area contributed by atoms with Gasteiger partial charge in [0.25, 0.3) is 0 Å². The molecule has 1 saturated heterocycles. The van der Waals surface area contributed by atoms with Crippen LogP contribution in [0, 0.1) is 0 Å². The molecule has 0 saturated carbocycles. The zero-order valence-electron chi connectivity index (χ0n) is 15.4. The molecule has 0 radical (unpaired) electrons. The molecule has 1 aromatic rings. The third-order valence-electron chi connectivity index (χ3n) is 4.03. The maximum atomic E-state index is 10.6. The van der Waals surface area contributed by atoms with Gasteiger partial charge in [0, 0.05) is 51.7 Å². The highest BCUT2D eigenvalue weighted by Gasteiger charge is 2.25. The third-order valence-corrected chi connectivity index (χ3v) is 4.03. The van der Waals surface area contributed by atoms with Gasteiger partial charge in [0.05, 0.1) is 31.7 Å². The van der Waals surface area contributed by atoms with E-state index in [9.17, 15) is 5.11 Å². The molecule has 8 nitrogen and oxygen atoms in total. The molecule has 3 N–H and O–H groups in total. The number of aromatic nitrogens is 2. The summed E-state index contributed by atoms with van der Waals surface area (Å²) in [5.41, 5.74) is -0.851. The van der Waals surface area contributed by atoms with Crippen molar-refractivity contribution in [3.05, 3.63) is 18.7 Å². The molecule has 25 heavy (non-hydrogen) atoms. The van der Waals surface area contributed by atoms with Crippen molar-refractivity contribution >= 4 is 5.96 Å². The van der Waals surface area contributed by atoms with Crippen LogP contribution in [0.4, 0.5) is 0 Å². The number of nitrogens with one attached hydrogen (secondary N) is 2. The molecule has 1 unspecified atom stereocenters.